The average molecular weight is 580 g/mol. The Bertz CT molecular complexity index is 1390. The molecule has 5 N–H and O–H groups in total. The second kappa shape index (κ2) is 12.3. The number of nitrogens with zero attached hydrogens (tertiary/aromatic N) is 6. The molecule has 3 aromatic heterocycles. The zero-order valence-electron chi connectivity index (χ0n) is 22.7. The Kier molecular flexibility index (Phi) is 8.82. The number of anilines is 2. The van der Waals surface area contributed by atoms with Gasteiger partial charge in [0.15, 0.2) is 29.0 Å². The summed E-state index contributed by atoms with van der Waals surface area (Å²) in [5.41, 5.74) is 1.42. The van der Waals surface area contributed by atoms with Crippen molar-refractivity contribution in [2.24, 2.45) is 0 Å². The normalized spacial score (nSPS) is 24.1. The van der Waals surface area contributed by atoms with E-state index in [4.69, 9.17) is 9.26 Å². The number of ether oxygens (including phenoxy) is 1. The van der Waals surface area contributed by atoms with Gasteiger partial charge in [0.25, 0.3) is 0 Å². The molecule has 5 heterocycles. The number of aryl methyl sites for hydroxylation is 1. The van der Waals surface area contributed by atoms with E-state index >= 15 is 0 Å². The van der Waals surface area contributed by atoms with Crippen LogP contribution in [0.4, 0.5) is 11.8 Å². The van der Waals surface area contributed by atoms with Crippen LogP contribution in [0.25, 0.3) is 11.2 Å². The largest absolute Gasteiger partial charge is 0.387 e. The van der Waals surface area contributed by atoms with Gasteiger partial charge in [0, 0.05) is 25.7 Å². The lowest BCUT2D eigenvalue weighted by molar-refractivity contribution is -0.0434. The number of likely N-dealkylation sites (tertiary alicyclic amines) is 1. The third-order valence-corrected chi connectivity index (χ3v) is 8.65. The molecule has 3 aromatic rings. The standard InChI is InChI=1S/C24H37N9O6S/c1-3-15-13-16(39-31-15)20-18(34)19(35)23(38-20)33-14-28-17-21(26-8-12-40(36,37)25-2)29-24(30-22(17)33)27-7-11-32-9-5-4-6-10-32/h13-14,18-20,23,25,34-35H,3-12H2,1-2H3,(H2,26,27,29,30)/t18-,19+,20+,23+/m0/s1. The molecule has 16 heteroatoms. The maximum Gasteiger partial charge on any atom is 0.226 e. The van der Waals surface area contributed by atoms with Gasteiger partial charge < -0.3 is 35.0 Å². The van der Waals surface area contributed by atoms with Crippen LogP contribution in [0.2, 0.25) is 0 Å². The molecule has 0 unspecified atom stereocenters. The number of fused-ring (bicyclic) bond motifs is 1. The molecule has 0 saturated carbocycles. The summed E-state index contributed by atoms with van der Waals surface area (Å²) >= 11 is 0. The predicted octanol–water partition coefficient (Wildman–Crippen LogP) is 0.228. The summed E-state index contributed by atoms with van der Waals surface area (Å²) in [6.45, 7) is 5.59. The first kappa shape index (κ1) is 28.6. The zero-order valence-corrected chi connectivity index (χ0v) is 23.5. The summed E-state index contributed by atoms with van der Waals surface area (Å²) in [6, 6.07) is 1.70. The number of hydrogen-bond donors (Lipinski definition) is 5. The topological polar surface area (TPSA) is 193 Å². The van der Waals surface area contributed by atoms with Gasteiger partial charge in [-0.3, -0.25) is 4.57 Å². The Balaban J connectivity index is 1.40. The first-order valence-corrected chi connectivity index (χ1v) is 15.3. The second-order valence-electron chi connectivity index (χ2n) is 10.0. The lowest BCUT2D eigenvalue weighted by Crippen LogP contribution is -2.34. The molecule has 2 aliphatic rings. The highest BCUT2D eigenvalue weighted by Gasteiger charge is 2.47. The fraction of sp³-hybridized carbons (Fsp3) is 0.667. The van der Waals surface area contributed by atoms with Gasteiger partial charge in [-0.05, 0) is 39.4 Å². The minimum Gasteiger partial charge on any atom is -0.387 e. The van der Waals surface area contributed by atoms with Crippen LogP contribution in [0.3, 0.4) is 0 Å². The van der Waals surface area contributed by atoms with Gasteiger partial charge in [-0.2, -0.15) is 9.97 Å². The number of hydrogen-bond acceptors (Lipinski definition) is 13. The van der Waals surface area contributed by atoms with E-state index in [2.05, 4.69) is 40.4 Å². The number of rotatable bonds is 12. The monoisotopic (exact) mass is 579 g/mol. The minimum absolute atomic E-state index is 0.0873. The Morgan fingerprint density at radius 1 is 1.10 bits per heavy atom. The van der Waals surface area contributed by atoms with Gasteiger partial charge in [0.2, 0.25) is 16.0 Å². The molecule has 5 rings (SSSR count). The zero-order chi connectivity index (χ0) is 28.3. The van der Waals surface area contributed by atoms with Crippen LogP contribution in [0, 0.1) is 0 Å². The Labute approximate surface area is 232 Å². The predicted molar refractivity (Wildman–Crippen MR) is 146 cm³/mol. The van der Waals surface area contributed by atoms with Crippen LogP contribution >= 0.6 is 0 Å². The smallest absolute Gasteiger partial charge is 0.226 e. The van der Waals surface area contributed by atoms with Gasteiger partial charge in [-0.1, -0.05) is 18.5 Å². The highest BCUT2D eigenvalue weighted by atomic mass is 32.2. The lowest BCUT2D eigenvalue weighted by atomic mass is 10.1. The van der Waals surface area contributed by atoms with E-state index in [9.17, 15) is 18.6 Å². The van der Waals surface area contributed by atoms with Crippen molar-refractivity contribution in [3.63, 3.8) is 0 Å². The number of nitrogens with one attached hydrogen (secondary N) is 3. The highest BCUT2D eigenvalue weighted by molar-refractivity contribution is 7.89. The van der Waals surface area contributed by atoms with E-state index < -0.39 is 34.6 Å². The molecule has 0 radical (unpaired) electrons. The Morgan fingerprint density at radius 2 is 1.90 bits per heavy atom. The van der Waals surface area contributed by atoms with Crippen molar-refractivity contribution in [3.8, 4) is 0 Å². The van der Waals surface area contributed by atoms with E-state index in [0.717, 1.165) is 19.6 Å². The van der Waals surface area contributed by atoms with E-state index in [1.165, 1.54) is 37.2 Å². The summed E-state index contributed by atoms with van der Waals surface area (Å²) in [5, 5.41) is 32.0. The van der Waals surface area contributed by atoms with Crippen LogP contribution in [-0.2, 0) is 21.2 Å². The van der Waals surface area contributed by atoms with E-state index in [1.807, 2.05) is 6.92 Å². The number of aromatic nitrogens is 5. The molecular weight excluding hydrogens is 542 g/mol. The number of aliphatic hydroxyl groups excluding tert-OH is 2. The quantitative estimate of drug-likeness (QED) is 0.196. The molecule has 0 aromatic carbocycles. The van der Waals surface area contributed by atoms with E-state index in [1.54, 1.807) is 6.07 Å². The van der Waals surface area contributed by atoms with Gasteiger partial charge in [0.1, 0.15) is 18.3 Å². The Morgan fingerprint density at radius 3 is 2.62 bits per heavy atom. The van der Waals surface area contributed by atoms with Crippen molar-refractivity contribution in [2.45, 2.75) is 57.1 Å². The van der Waals surface area contributed by atoms with Gasteiger partial charge in [0.05, 0.1) is 17.8 Å². The summed E-state index contributed by atoms with van der Waals surface area (Å²) in [7, 11) is -2.07. The van der Waals surface area contributed by atoms with E-state index in [-0.39, 0.29) is 12.3 Å². The summed E-state index contributed by atoms with van der Waals surface area (Å²) in [5.74, 6) is 0.807. The SMILES string of the molecule is CCc1cc([C@H]2O[C@@H](n3cnc4c(NCCS(=O)(=O)NC)nc(NCCN5CCCCC5)nc43)[C@H](O)[C@@H]2O)on1. The van der Waals surface area contributed by atoms with Crippen LogP contribution in [0.5, 0.6) is 0 Å². The van der Waals surface area contributed by atoms with Crippen molar-refractivity contribution in [2.75, 3.05) is 56.2 Å². The molecule has 2 saturated heterocycles. The van der Waals surface area contributed by atoms with Crippen LogP contribution in [0.1, 0.15) is 50.0 Å². The first-order chi connectivity index (χ1) is 19.3. The average Bonchev–Trinajstić information content (AvgIpc) is 3.67. The summed E-state index contributed by atoms with van der Waals surface area (Å²) in [4.78, 5) is 16.0. The molecule has 40 heavy (non-hydrogen) atoms. The van der Waals surface area contributed by atoms with Crippen LogP contribution < -0.4 is 15.4 Å². The van der Waals surface area contributed by atoms with Crippen molar-refractivity contribution in [1.82, 2.24) is 34.3 Å². The molecule has 15 nitrogen and oxygen atoms in total. The minimum atomic E-state index is -3.43. The van der Waals surface area contributed by atoms with E-state index in [0.29, 0.717) is 47.3 Å². The third-order valence-electron chi connectivity index (χ3n) is 7.29. The molecule has 0 aliphatic carbocycles. The maximum absolute atomic E-state index is 11.9. The molecule has 2 fully saturated rings. The molecule has 4 atom stereocenters. The molecule has 0 bridgehead atoms. The van der Waals surface area contributed by atoms with Crippen LogP contribution in [0.15, 0.2) is 16.9 Å². The molecule has 220 valence electrons. The van der Waals surface area contributed by atoms with Crippen molar-refractivity contribution in [3.05, 3.63) is 23.8 Å². The second-order valence-corrected chi connectivity index (χ2v) is 12.0. The summed E-state index contributed by atoms with van der Waals surface area (Å²) in [6.07, 6.45) is 1.21. The van der Waals surface area contributed by atoms with Gasteiger partial charge in [-0.25, -0.2) is 18.1 Å². The number of imidazole rings is 1. The van der Waals surface area contributed by atoms with Gasteiger partial charge >= 0.3 is 0 Å². The van der Waals surface area contributed by atoms with Gasteiger partial charge in [-0.15, -0.1) is 0 Å². The fourth-order valence-electron chi connectivity index (χ4n) is 4.97. The molecule has 2 aliphatic heterocycles. The fourth-order valence-corrected chi connectivity index (χ4v) is 5.55. The number of aliphatic hydroxyl groups is 2. The lowest BCUT2D eigenvalue weighted by Gasteiger charge is -2.26. The molecule has 0 amide bonds. The van der Waals surface area contributed by atoms with Crippen molar-refractivity contribution < 1.29 is 27.9 Å². The number of piperidine rings is 1. The molecular formula is C24H37N9O6S. The number of sulfonamides is 1. The summed E-state index contributed by atoms with van der Waals surface area (Å²) < 4.78 is 39.1. The van der Waals surface area contributed by atoms with Crippen molar-refractivity contribution >= 4 is 33.0 Å². The Hall–Kier alpha value is -2.89. The van der Waals surface area contributed by atoms with Crippen LogP contribution in [-0.4, -0.2) is 106 Å². The highest BCUT2D eigenvalue weighted by Crippen LogP contribution is 2.40. The molecule has 0 spiro atoms. The first-order valence-electron chi connectivity index (χ1n) is 13.6. The van der Waals surface area contributed by atoms with Crippen molar-refractivity contribution in [1.29, 1.82) is 0 Å². The maximum atomic E-state index is 11.9. The third kappa shape index (κ3) is 6.21.